The number of nitrogens with two attached hydrogens (primary N) is 1. The SMILES string of the molecule is Cn1nc(N)c2c1CCN(CCO)CC2. The van der Waals surface area contributed by atoms with Gasteiger partial charge in [-0.2, -0.15) is 5.10 Å². The minimum atomic E-state index is 0.226. The van der Waals surface area contributed by atoms with Crippen LogP contribution >= 0.6 is 0 Å². The maximum absolute atomic E-state index is 8.90. The van der Waals surface area contributed by atoms with E-state index in [0.29, 0.717) is 5.82 Å². The molecule has 0 aliphatic carbocycles. The van der Waals surface area contributed by atoms with E-state index in [9.17, 15) is 0 Å². The third-order valence-corrected chi connectivity index (χ3v) is 3.06. The Morgan fingerprint density at radius 3 is 2.87 bits per heavy atom. The zero-order valence-corrected chi connectivity index (χ0v) is 9.11. The molecule has 0 saturated heterocycles. The molecule has 5 nitrogen and oxygen atoms in total. The number of nitrogen functional groups attached to an aromatic ring is 1. The number of aromatic nitrogens is 2. The fourth-order valence-electron chi connectivity index (χ4n) is 2.22. The number of aryl methyl sites for hydroxylation is 1. The maximum atomic E-state index is 8.90. The van der Waals surface area contributed by atoms with Gasteiger partial charge in [-0.1, -0.05) is 0 Å². The van der Waals surface area contributed by atoms with Crippen LogP contribution < -0.4 is 5.73 Å². The van der Waals surface area contributed by atoms with Crippen molar-refractivity contribution >= 4 is 5.82 Å². The van der Waals surface area contributed by atoms with E-state index < -0.39 is 0 Å². The second-order valence-corrected chi connectivity index (χ2v) is 4.00. The van der Waals surface area contributed by atoms with Gasteiger partial charge in [0.25, 0.3) is 0 Å². The van der Waals surface area contributed by atoms with Crippen molar-refractivity contribution in [2.24, 2.45) is 7.05 Å². The van der Waals surface area contributed by atoms with Crippen molar-refractivity contribution < 1.29 is 5.11 Å². The van der Waals surface area contributed by atoms with Crippen LogP contribution in [0.4, 0.5) is 5.82 Å². The van der Waals surface area contributed by atoms with E-state index in [0.717, 1.165) is 32.5 Å². The minimum absolute atomic E-state index is 0.226. The first kappa shape index (κ1) is 10.4. The smallest absolute Gasteiger partial charge is 0.148 e. The van der Waals surface area contributed by atoms with Crippen molar-refractivity contribution in [1.29, 1.82) is 0 Å². The number of aliphatic hydroxyl groups is 1. The van der Waals surface area contributed by atoms with Gasteiger partial charge in [0.05, 0.1) is 6.61 Å². The first-order valence-corrected chi connectivity index (χ1v) is 5.36. The van der Waals surface area contributed by atoms with E-state index in [2.05, 4.69) is 10.00 Å². The summed E-state index contributed by atoms with van der Waals surface area (Å²) in [6, 6.07) is 0. The number of nitrogens with zero attached hydrogens (tertiary/aromatic N) is 3. The van der Waals surface area contributed by atoms with Gasteiger partial charge in [0.2, 0.25) is 0 Å². The zero-order valence-electron chi connectivity index (χ0n) is 9.11. The molecule has 0 aromatic carbocycles. The molecule has 0 amide bonds. The highest BCUT2D eigenvalue weighted by Gasteiger charge is 2.19. The number of anilines is 1. The van der Waals surface area contributed by atoms with Gasteiger partial charge in [0, 0.05) is 44.4 Å². The van der Waals surface area contributed by atoms with Crippen LogP contribution in [-0.2, 0) is 19.9 Å². The predicted molar refractivity (Wildman–Crippen MR) is 58.6 cm³/mol. The molecular formula is C10H18N4O. The lowest BCUT2D eigenvalue weighted by molar-refractivity contribution is 0.201. The van der Waals surface area contributed by atoms with Crippen molar-refractivity contribution in [3.63, 3.8) is 0 Å². The quantitative estimate of drug-likeness (QED) is 0.683. The number of hydrogen-bond donors (Lipinski definition) is 2. The summed E-state index contributed by atoms with van der Waals surface area (Å²) in [7, 11) is 1.94. The Hall–Kier alpha value is -1.07. The third kappa shape index (κ3) is 1.98. The Bertz CT molecular complexity index is 319. The second-order valence-electron chi connectivity index (χ2n) is 4.00. The molecule has 1 aromatic heterocycles. The topological polar surface area (TPSA) is 67.3 Å². The van der Waals surface area contributed by atoms with Crippen molar-refractivity contribution in [1.82, 2.24) is 14.7 Å². The number of hydrogen-bond acceptors (Lipinski definition) is 4. The van der Waals surface area contributed by atoms with Crippen LogP contribution in [0.3, 0.4) is 0 Å². The normalized spacial score (nSPS) is 17.5. The summed E-state index contributed by atoms with van der Waals surface area (Å²) >= 11 is 0. The maximum Gasteiger partial charge on any atom is 0.148 e. The van der Waals surface area contributed by atoms with Gasteiger partial charge in [-0.05, 0) is 6.42 Å². The number of fused-ring (bicyclic) bond motifs is 1. The second kappa shape index (κ2) is 4.20. The molecule has 2 heterocycles. The van der Waals surface area contributed by atoms with Crippen molar-refractivity contribution in [2.45, 2.75) is 12.8 Å². The van der Waals surface area contributed by atoms with E-state index in [1.807, 2.05) is 11.7 Å². The summed E-state index contributed by atoms with van der Waals surface area (Å²) < 4.78 is 1.88. The Balaban J connectivity index is 2.15. The monoisotopic (exact) mass is 210 g/mol. The first-order chi connectivity index (χ1) is 7.22. The lowest BCUT2D eigenvalue weighted by Crippen LogP contribution is -2.29. The van der Waals surface area contributed by atoms with Crippen LogP contribution in [0.2, 0.25) is 0 Å². The summed E-state index contributed by atoms with van der Waals surface area (Å²) in [4.78, 5) is 2.26. The van der Waals surface area contributed by atoms with Crippen LogP contribution in [-0.4, -0.2) is 46.0 Å². The molecule has 15 heavy (non-hydrogen) atoms. The average molecular weight is 210 g/mol. The van der Waals surface area contributed by atoms with E-state index in [1.165, 1.54) is 11.3 Å². The summed E-state index contributed by atoms with van der Waals surface area (Å²) in [5, 5.41) is 13.1. The van der Waals surface area contributed by atoms with Gasteiger partial charge in [0.15, 0.2) is 0 Å². The van der Waals surface area contributed by atoms with Gasteiger partial charge < -0.3 is 15.7 Å². The van der Waals surface area contributed by atoms with Crippen LogP contribution in [0.25, 0.3) is 0 Å². The largest absolute Gasteiger partial charge is 0.395 e. The lowest BCUT2D eigenvalue weighted by atomic mass is 10.1. The molecule has 0 spiro atoms. The molecule has 1 aliphatic rings. The van der Waals surface area contributed by atoms with Crippen LogP contribution in [0.15, 0.2) is 0 Å². The highest BCUT2D eigenvalue weighted by Crippen LogP contribution is 2.20. The molecule has 0 atom stereocenters. The summed E-state index contributed by atoms with van der Waals surface area (Å²) in [5.74, 6) is 0.665. The molecule has 0 unspecified atom stereocenters. The van der Waals surface area contributed by atoms with Gasteiger partial charge in [-0.25, -0.2) is 0 Å². The molecule has 3 N–H and O–H groups in total. The van der Waals surface area contributed by atoms with Gasteiger partial charge >= 0.3 is 0 Å². The Morgan fingerprint density at radius 1 is 1.40 bits per heavy atom. The minimum Gasteiger partial charge on any atom is -0.395 e. The average Bonchev–Trinajstić information content (AvgIpc) is 2.40. The molecule has 2 rings (SSSR count). The van der Waals surface area contributed by atoms with Gasteiger partial charge in [0.1, 0.15) is 5.82 Å². The van der Waals surface area contributed by atoms with Crippen LogP contribution in [0, 0.1) is 0 Å². The first-order valence-electron chi connectivity index (χ1n) is 5.36. The number of aliphatic hydroxyl groups excluding tert-OH is 1. The van der Waals surface area contributed by atoms with Gasteiger partial charge in [-0.15, -0.1) is 0 Å². The highest BCUT2D eigenvalue weighted by atomic mass is 16.3. The van der Waals surface area contributed by atoms with Crippen LogP contribution in [0.1, 0.15) is 11.3 Å². The summed E-state index contributed by atoms with van der Waals surface area (Å²) in [6.45, 7) is 2.92. The number of β-amino-alcohol motifs (C(OH)–C–C–N with tert-alkyl or cyclic N) is 1. The van der Waals surface area contributed by atoms with Crippen molar-refractivity contribution in [3.8, 4) is 0 Å². The molecular weight excluding hydrogens is 192 g/mol. The van der Waals surface area contributed by atoms with E-state index in [4.69, 9.17) is 10.8 Å². The Morgan fingerprint density at radius 2 is 2.13 bits per heavy atom. The molecule has 0 fully saturated rings. The standard InChI is InChI=1S/C10H18N4O/c1-13-9-3-5-14(6-7-15)4-2-8(9)10(11)12-13/h15H,2-7H2,1H3,(H2,11,12). The van der Waals surface area contributed by atoms with Crippen molar-refractivity contribution in [2.75, 3.05) is 32.0 Å². The van der Waals surface area contributed by atoms with Crippen molar-refractivity contribution in [3.05, 3.63) is 11.3 Å². The van der Waals surface area contributed by atoms with Gasteiger partial charge in [-0.3, -0.25) is 4.68 Å². The Kier molecular flexibility index (Phi) is 2.93. The lowest BCUT2D eigenvalue weighted by Gasteiger charge is -2.17. The number of rotatable bonds is 2. The fourth-order valence-corrected chi connectivity index (χ4v) is 2.22. The zero-order chi connectivity index (χ0) is 10.8. The molecule has 0 bridgehead atoms. The molecule has 1 aromatic rings. The van der Waals surface area contributed by atoms with E-state index >= 15 is 0 Å². The molecule has 5 heteroatoms. The fraction of sp³-hybridized carbons (Fsp3) is 0.700. The van der Waals surface area contributed by atoms with E-state index in [-0.39, 0.29) is 6.61 Å². The molecule has 1 aliphatic heterocycles. The summed E-state index contributed by atoms with van der Waals surface area (Å²) in [5.41, 5.74) is 8.29. The predicted octanol–water partition coefficient (Wildman–Crippen LogP) is -0.605. The molecule has 0 radical (unpaired) electrons. The molecule has 0 saturated carbocycles. The van der Waals surface area contributed by atoms with E-state index in [1.54, 1.807) is 0 Å². The van der Waals surface area contributed by atoms with Crippen LogP contribution in [0.5, 0.6) is 0 Å². The summed E-state index contributed by atoms with van der Waals surface area (Å²) in [6.07, 6.45) is 1.91. The molecule has 84 valence electrons. The highest BCUT2D eigenvalue weighted by molar-refractivity contribution is 5.43. The Labute approximate surface area is 89.5 Å². The third-order valence-electron chi connectivity index (χ3n) is 3.06.